The molecule has 0 saturated carbocycles. The van der Waals surface area contributed by atoms with Gasteiger partial charge in [-0.2, -0.15) is 0 Å². The predicted octanol–water partition coefficient (Wildman–Crippen LogP) is 2.61. The molecule has 0 amide bonds. The Morgan fingerprint density at radius 1 is 1.21 bits per heavy atom. The van der Waals surface area contributed by atoms with Gasteiger partial charge in [-0.1, -0.05) is 28.1 Å². The first-order valence-electron chi connectivity index (χ1n) is 5.95. The number of ether oxygens (including phenoxy) is 3. The van der Waals surface area contributed by atoms with E-state index in [-0.39, 0.29) is 11.9 Å². The maximum Gasteiger partial charge on any atom is 0.313 e. The van der Waals surface area contributed by atoms with Gasteiger partial charge in [0.15, 0.2) is 0 Å². The first kappa shape index (κ1) is 16.1. The van der Waals surface area contributed by atoms with Crippen molar-refractivity contribution in [3.05, 3.63) is 34.3 Å². The van der Waals surface area contributed by atoms with Gasteiger partial charge in [-0.15, -0.1) is 0 Å². The zero-order valence-electron chi connectivity index (χ0n) is 11.4. The molecule has 106 valence electrons. The lowest BCUT2D eigenvalue weighted by molar-refractivity contribution is -0.145. The number of carbonyl (C=O) groups excluding carboxylic acids is 1. The number of esters is 1. The Morgan fingerprint density at radius 2 is 1.84 bits per heavy atom. The minimum atomic E-state index is -0.401. The van der Waals surface area contributed by atoms with Gasteiger partial charge in [0, 0.05) is 24.6 Å². The third-order valence-electron chi connectivity index (χ3n) is 2.90. The third-order valence-corrected chi connectivity index (χ3v) is 3.39. The zero-order chi connectivity index (χ0) is 14.3. The van der Waals surface area contributed by atoms with Crippen LogP contribution in [0.2, 0.25) is 0 Å². The van der Waals surface area contributed by atoms with Crippen LogP contribution < -0.4 is 0 Å². The lowest BCUT2D eigenvalue weighted by atomic mass is 9.87. The summed E-state index contributed by atoms with van der Waals surface area (Å²) in [6, 6.07) is 7.64. The molecular formula is C14H19BrO4. The summed E-state index contributed by atoms with van der Waals surface area (Å²) >= 11 is 3.41. The summed E-state index contributed by atoms with van der Waals surface area (Å²) in [5.41, 5.74) is 0.889. The van der Waals surface area contributed by atoms with Crippen LogP contribution in [-0.4, -0.2) is 40.5 Å². The first-order chi connectivity index (χ1) is 9.13. The quantitative estimate of drug-likeness (QED) is 0.721. The first-order valence-corrected chi connectivity index (χ1v) is 6.74. The van der Waals surface area contributed by atoms with Gasteiger partial charge in [-0.25, -0.2) is 0 Å². The van der Waals surface area contributed by atoms with E-state index in [9.17, 15) is 4.79 Å². The van der Waals surface area contributed by atoms with Crippen molar-refractivity contribution in [1.82, 2.24) is 0 Å². The van der Waals surface area contributed by atoms with E-state index < -0.39 is 5.92 Å². The average Bonchev–Trinajstić information content (AvgIpc) is 2.39. The monoisotopic (exact) mass is 330 g/mol. The number of hydrogen-bond acceptors (Lipinski definition) is 4. The highest BCUT2D eigenvalue weighted by atomic mass is 79.9. The van der Waals surface area contributed by atoms with E-state index in [0.717, 1.165) is 10.0 Å². The van der Waals surface area contributed by atoms with Gasteiger partial charge in [0.05, 0.1) is 26.2 Å². The van der Waals surface area contributed by atoms with E-state index in [1.165, 1.54) is 7.11 Å². The minimum Gasteiger partial charge on any atom is -0.469 e. The van der Waals surface area contributed by atoms with Crippen molar-refractivity contribution in [3.63, 3.8) is 0 Å². The smallest absolute Gasteiger partial charge is 0.313 e. The Labute approximate surface area is 122 Å². The van der Waals surface area contributed by atoms with Crippen molar-refractivity contribution >= 4 is 21.9 Å². The SMILES string of the molecule is COCC(COC)C(C(=O)OC)c1cccc(Br)c1. The van der Waals surface area contributed by atoms with Crippen molar-refractivity contribution < 1.29 is 19.0 Å². The number of hydrogen-bond donors (Lipinski definition) is 0. The van der Waals surface area contributed by atoms with Crippen LogP contribution in [0.4, 0.5) is 0 Å². The van der Waals surface area contributed by atoms with Crippen LogP contribution in [0.3, 0.4) is 0 Å². The molecule has 1 atom stereocenters. The normalized spacial score (nSPS) is 12.5. The fourth-order valence-corrected chi connectivity index (χ4v) is 2.51. The summed E-state index contributed by atoms with van der Waals surface area (Å²) in [5.74, 6) is -0.767. The Morgan fingerprint density at radius 3 is 2.32 bits per heavy atom. The van der Waals surface area contributed by atoms with Crippen LogP contribution in [-0.2, 0) is 19.0 Å². The van der Waals surface area contributed by atoms with Crippen molar-refractivity contribution in [3.8, 4) is 0 Å². The molecule has 0 saturated heterocycles. The van der Waals surface area contributed by atoms with E-state index in [0.29, 0.717) is 13.2 Å². The number of benzene rings is 1. The molecule has 5 heteroatoms. The van der Waals surface area contributed by atoms with Crippen LogP contribution in [0.15, 0.2) is 28.7 Å². The summed E-state index contributed by atoms with van der Waals surface area (Å²) in [5, 5.41) is 0. The fraction of sp³-hybridized carbons (Fsp3) is 0.500. The molecule has 0 aromatic heterocycles. The average molecular weight is 331 g/mol. The van der Waals surface area contributed by atoms with Crippen molar-refractivity contribution in [2.75, 3.05) is 34.5 Å². The molecule has 0 fully saturated rings. The topological polar surface area (TPSA) is 44.8 Å². The Hall–Kier alpha value is -0.910. The van der Waals surface area contributed by atoms with E-state index in [4.69, 9.17) is 14.2 Å². The van der Waals surface area contributed by atoms with Crippen LogP contribution >= 0.6 is 15.9 Å². The molecule has 0 N–H and O–H groups in total. The van der Waals surface area contributed by atoms with Gasteiger partial charge in [-0.05, 0) is 17.7 Å². The molecule has 1 rings (SSSR count). The van der Waals surface area contributed by atoms with Crippen LogP contribution in [0.5, 0.6) is 0 Å². The number of halogens is 1. The number of rotatable bonds is 7. The van der Waals surface area contributed by atoms with Crippen LogP contribution in [0.1, 0.15) is 11.5 Å². The van der Waals surface area contributed by atoms with Gasteiger partial charge < -0.3 is 14.2 Å². The largest absolute Gasteiger partial charge is 0.469 e. The standard InChI is InChI=1S/C14H19BrO4/c1-17-8-11(9-18-2)13(14(16)19-3)10-5-4-6-12(15)7-10/h4-7,11,13H,8-9H2,1-3H3. The molecule has 0 aliphatic heterocycles. The molecule has 1 aromatic rings. The van der Waals surface area contributed by atoms with Crippen molar-refractivity contribution in [2.24, 2.45) is 5.92 Å². The van der Waals surface area contributed by atoms with Gasteiger partial charge in [0.25, 0.3) is 0 Å². The van der Waals surface area contributed by atoms with Gasteiger partial charge in [0.1, 0.15) is 0 Å². The zero-order valence-corrected chi connectivity index (χ0v) is 13.0. The molecule has 0 aliphatic carbocycles. The van der Waals surface area contributed by atoms with Crippen LogP contribution in [0, 0.1) is 5.92 Å². The van der Waals surface area contributed by atoms with E-state index in [1.54, 1.807) is 14.2 Å². The molecular weight excluding hydrogens is 312 g/mol. The van der Waals surface area contributed by atoms with E-state index in [1.807, 2.05) is 24.3 Å². The minimum absolute atomic E-state index is 0.0863. The molecule has 0 heterocycles. The van der Waals surface area contributed by atoms with E-state index in [2.05, 4.69) is 15.9 Å². The summed E-state index contributed by atoms with van der Waals surface area (Å²) in [4.78, 5) is 12.1. The highest BCUT2D eigenvalue weighted by molar-refractivity contribution is 9.10. The Balaban J connectivity index is 3.08. The third kappa shape index (κ3) is 4.60. The molecule has 0 aliphatic rings. The maximum absolute atomic E-state index is 12.1. The maximum atomic E-state index is 12.1. The highest BCUT2D eigenvalue weighted by Crippen LogP contribution is 2.29. The fourth-order valence-electron chi connectivity index (χ4n) is 2.10. The molecule has 0 radical (unpaired) electrons. The Kier molecular flexibility index (Phi) is 7.05. The second kappa shape index (κ2) is 8.30. The lowest BCUT2D eigenvalue weighted by Crippen LogP contribution is -2.29. The van der Waals surface area contributed by atoms with Gasteiger partial charge in [-0.3, -0.25) is 4.79 Å². The predicted molar refractivity (Wildman–Crippen MR) is 76.1 cm³/mol. The Bertz CT molecular complexity index is 402. The lowest BCUT2D eigenvalue weighted by Gasteiger charge is -2.24. The summed E-state index contributed by atoms with van der Waals surface area (Å²) in [7, 11) is 4.61. The molecule has 1 unspecified atom stereocenters. The molecule has 0 bridgehead atoms. The van der Waals surface area contributed by atoms with Gasteiger partial charge in [0.2, 0.25) is 0 Å². The van der Waals surface area contributed by atoms with Gasteiger partial charge >= 0.3 is 5.97 Å². The summed E-state index contributed by atoms with van der Waals surface area (Å²) in [6.45, 7) is 0.861. The molecule has 4 nitrogen and oxygen atoms in total. The van der Waals surface area contributed by atoms with E-state index >= 15 is 0 Å². The second-order valence-electron chi connectivity index (χ2n) is 4.23. The molecule has 19 heavy (non-hydrogen) atoms. The molecule has 1 aromatic carbocycles. The van der Waals surface area contributed by atoms with Crippen molar-refractivity contribution in [2.45, 2.75) is 5.92 Å². The second-order valence-corrected chi connectivity index (χ2v) is 5.14. The summed E-state index contributed by atoms with van der Waals surface area (Å²) < 4.78 is 16.2. The number of carbonyl (C=O) groups is 1. The number of methoxy groups -OCH3 is 3. The highest BCUT2D eigenvalue weighted by Gasteiger charge is 2.31. The van der Waals surface area contributed by atoms with Crippen LogP contribution in [0.25, 0.3) is 0 Å². The molecule has 0 spiro atoms. The van der Waals surface area contributed by atoms with Crippen molar-refractivity contribution in [1.29, 1.82) is 0 Å². The summed E-state index contributed by atoms with van der Waals surface area (Å²) in [6.07, 6.45) is 0.